The van der Waals surface area contributed by atoms with Gasteiger partial charge in [-0.1, -0.05) is 6.42 Å². The zero-order valence-corrected chi connectivity index (χ0v) is 6.95. The zero-order chi connectivity index (χ0) is 4.24. The Morgan fingerprint density at radius 2 is 1.43 bits per heavy atom. The van der Waals surface area contributed by atoms with Gasteiger partial charge in [0.25, 0.3) is 0 Å². The number of hydrogen-bond donors (Lipinski definition) is 1. The van der Waals surface area contributed by atoms with Gasteiger partial charge < -0.3 is 5.32 Å². The van der Waals surface area contributed by atoms with Crippen LogP contribution in [0.15, 0.2) is 0 Å². The molecular formula is C5H11CaN. The fraction of sp³-hybridized carbons (Fsp3) is 1.00. The van der Waals surface area contributed by atoms with E-state index in [0.29, 0.717) is 0 Å². The van der Waals surface area contributed by atoms with Crippen molar-refractivity contribution in [2.45, 2.75) is 19.3 Å². The Bertz CT molecular complexity index is 23.6. The minimum atomic E-state index is 0. The first kappa shape index (κ1) is 8.22. The van der Waals surface area contributed by atoms with Crippen molar-refractivity contribution >= 4 is 37.7 Å². The first-order chi connectivity index (χ1) is 3.00. The Kier molecular flexibility index (Phi) is 6.29. The Labute approximate surface area is 74.9 Å². The quantitative estimate of drug-likeness (QED) is 0.461. The number of rotatable bonds is 0. The third kappa shape index (κ3) is 3.77. The molecule has 0 amide bonds. The molecule has 1 N–H and O–H groups in total. The molecule has 0 aromatic carbocycles. The summed E-state index contributed by atoms with van der Waals surface area (Å²) in [6.45, 7) is 2.50. The first-order valence-corrected chi connectivity index (χ1v) is 2.71. The van der Waals surface area contributed by atoms with Gasteiger partial charge in [-0.2, -0.15) is 0 Å². The van der Waals surface area contributed by atoms with E-state index in [1.807, 2.05) is 0 Å². The average molecular weight is 125 g/mol. The van der Waals surface area contributed by atoms with E-state index in [1.54, 1.807) is 0 Å². The third-order valence-corrected chi connectivity index (χ3v) is 1.21. The van der Waals surface area contributed by atoms with Crippen LogP contribution in [0.1, 0.15) is 19.3 Å². The van der Waals surface area contributed by atoms with Crippen LogP contribution in [-0.4, -0.2) is 50.8 Å². The molecule has 1 rings (SSSR count). The van der Waals surface area contributed by atoms with E-state index in [-0.39, 0.29) is 37.7 Å². The van der Waals surface area contributed by atoms with Gasteiger partial charge in [0.15, 0.2) is 0 Å². The van der Waals surface area contributed by atoms with Gasteiger partial charge in [-0.15, -0.1) is 0 Å². The molecule has 38 valence electrons. The number of piperidine rings is 1. The molecular weight excluding hydrogens is 114 g/mol. The summed E-state index contributed by atoms with van der Waals surface area (Å²) in [5, 5.41) is 3.28. The molecule has 0 atom stereocenters. The Balaban J connectivity index is 0.000000360. The van der Waals surface area contributed by atoms with E-state index in [0.717, 1.165) is 0 Å². The fourth-order valence-corrected chi connectivity index (χ4v) is 0.802. The summed E-state index contributed by atoms with van der Waals surface area (Å²) in [7, 11) is 0. The molecule has 2 heteroatoms. The molecule has 1 aliphatic heterocycles. The van der Waals surface area contributed by atoms with E-state index >= 15 is 0 Å². The van der Waals surface area contributed by atoms with Gasteiger partial charge >= 0.3 is 0 Å². The van der Waals surface area contributed by atoms with E-state index in [4.69, 9.17) is 0 Å². The van der Waals surface area contributed by atoms with Gasteiger partial charge in [-0.05, 0) is 25.9 Å². The van der Waals surface area contributed by atoms with Crippen LogP contribution < -0.4 is 5.32 Å². The van der Waals surface area contributed by atoms with Crippen molar-refractivity contribution < 1.29 is 0 Å². The van der Waals surface area contributed by atoms with Crippen LogP contribution in [0.2, 0.25) is 0 Å². The van der Waals surface area contributed by atoms with Crippen molar-refractivity contribution in [1.29, 1.82) is 0 Å². The van der Waals surface area contributed by atoms with Crippen LogP contribution in [0.3, 0.4) is 0 Å². The number of hydrogen-bond acceptors (Lipinski definition) is 1. The van der Waals surface area contributed by atoms with Crippen LogP contribution in [0.4, 0.5) is 0 Å². The minimum Gasteiger partial charge on any atom is -0.317 e. The van der Waals surface area contributed by atoms with Crippen LogP contribution in [0.25, 0.3) is 0 Å². The van der Waals surface area contributed by atoms with E-state index in [9.17, 15) is 0 Å². The Morgan fingerprint density at radius 3 is 1.57 bits per heavy atom. The molecule has 0 aromatic heterocycles. The van der Waals surface area contributed by atoms with Crippen molar-refractivity contribution in [3.05, 3.63) is 0 Å². The molecule has 2 radical (unpaired) electrons. The third-order valence-electron chi connectivity index (χ3n) is 1.21. The molecule has 0 unspecified atom stereocenters. The van der Waals surface area contributed by atoms with E-state index in [1.165, 1.54) is 32.4 Å². The molecule has 1 nitrogen and oxygen atoms in total. The van der Waals surface area contributed by atoms with Crippen LogP contribution in [-0.2, 0) is 0 Å². The molecule has 7 heavy (non-hydrogen) atoms. The van der Waals surface area contributed by atoms with Crippen molar-refractivity contribution in [2.75, 3.05) is 13.1 Å². The average Bonchev–Trinajstić information content (AvgIpc) is 1.72. The normalized spacial score (nSPS) is 20.6. The topological polar surface area (TPSA) is 12.0 Å². The van der Waals surface area contributed by atoms with E-state index < -0.39 is 0 Å². The van der Waals surface area contributed by atoms with Crippen LogP contribution in [0, 0.1) is 0 Å². The summed E-state index contributed by atoms with van der Waals surface area (Å²) < 4.78 is 0. The second-order valence-electron chi connectivity index (χ2n) is 1.81. The second-order valence-corrected chi connectivity index (χ2v) is 1.81. The summed E-state index contributed by atoms with van der Waals surface area (Å²) in [4.78, 5) is 0. The van der Waals surface area contributed by atoms with Crippen LogP contribution >= 0.6 is 0 Å². The predicted molar refractivity (Wildman–Crippen MR) is 32.5 cm³/mol. The second kappa shape index (κ2) is 5.36. The first-order valence-electron chi connectivity index (χ1n) is 2.71. The molecule has 1 heterocycles. The van der Waals surface area contributed by atoms with Gasteiger partial charge in [0, 0.05) is 37.7 Å². The van der Waals surface area contributed by atoms with Gasteiger partial charge in [-0.3, -0.25) is 0 Å². The van der Waals surface area contributed by atoms with Crippen molar-refractivity contribution in [1.82, 2.24) is 5.32 Å². The maximum absolute atomic E-state index is 3.28. The van der Waals surface area contributed by atoms with Gasteiger partial charge in [0.2, 0.25) is 0 Å². The zero-order valence-electron chi connectivity index (χ0n) is 4.74. The molecule has 1 aliphatic rings. The maximum Gasteiger partial charge on any atom is 0 e. The molecule has 0 aliphatic carbocycles. The standard InChI is InChI=1S/C5H11N.Ca/c1-2-4-6-5-3-1;/h6H,1-5H2;. The summed E-state index contributed by atoms with van der Waals surface area (Å²) in [6, 6.07) is 0. The largest absolute Gasteiger partial charge is 0.317 e. The maximum atomic E-state index is 3.28. The molecule has 1 saturated heterocycles. The monoisotopic (exact) mass is 125 g/mol. The Morgan fingerprint density at radius 1 is 0.857 bits per heavy atom. The fourth-order valence-electron chi connectivity index (χ4n) is 0.802. The number of nitrogens with one attached hydrogen (secondary N) is 1. The summed E-state index contributed by atoms with van der Waals surface area (Å²) in [6.07, 6.45) is 4.22. The van der Waals surface area contributed by atoms with E-state index in [2.05, 4.69) is 5.32 Å². The molecule has 1 fully saturated rings. The van der Waals surface area contributed by atoms with Gasteiger partial charge in [-0.25, -0.2) is 0 Å². The minimum absolute atomic E-state index is 0. The molecule has 0 saturated carbocycles. The molecule has 0 bridgehead atoms. The SMILES string of the molecule is C1CCNCC1.[Ca]. The predicted octanol–water partition coefficient (Wildman–Crippen LogP) is 0.379. The Hall–Kier alpha value is 1.22. The molecule has 0 spiro atoms. The van der Waals surface area contributed by atoms with Crippen LogP contribution in [0.5, 0.6) is 0 Å². The summed E-state index contributed by atoms with van der Waals surface area (Å²) >= 11 is 0. The van der Waals surface area contributed by atoms with Crippen molar-refractivity contribution in [3.63, 3.8) is 0 Å². The van der Waals surface area contributed by atoms with Crippen molar-refractivity contribution in [3.8, 4) is 0 Å². The molecule has 0 aromatic rings. The van der Waals surface area contributed by atoms with Gasteiger partial charge in [0.05, 0.1) is 0 Å². The smallest absolute Gasteiger partial charge is 0 e. The van der Waals surface area contributed by atoms with Gasteiger partial charge in [0.1, 0.15) is 0 Å². The summed E-state index contributed by atoms with van der Waals surface area (Å²) in [5.74, 6) is 0. The van der Waals surface area contributed by atoms with Crippen molar-refractivity contribution in [2.24, 2.45) is 0 Å². The summed E-state index contributed by atoms with van der Waals surface area (Å²) in [5.41, 5.74) is 0.